The lowest BCUT2D eigenvalue weighted by molar-refractivity contribution is -0.218. The second-order valence-electron chi connectivity index (χ2n) is 15.6. The number of carboxylic acids is 1. The van der Waals surface area contributed by atoms with Crippen molar-refractivity contribution in [3.8, 4) is 0 Å². The summed E-state index contributed by atoms with van der Waals surface area (Å²) in [7, 11) is 0. The van der Waals surface area contributed by atoms with Crippen LogP contribution >= 0.6 is 11.8 Å². The fraction of sp³-hybridized carbons (Fsp3) is 0.789. The number of fused-ring (bicyclic) bond motifs is 5. The van der Waals surface area contributed by atoms with Crippen molar-refractivity contribution in [2.75, 3.05) is 50.8 Å². The van der Waals surface area contributed by atoms with Crippen LogP contribution in [0.1, 0.15) is 85.0 Å². The number of ketones is 2. The van der Waals surface area contributed by atoms with Crippen LogP contribution in [0.3, 0.4) is 0 Å². The van der Waals surface area contributed by atoms with Crippen LogP contribution in [0.25, 0.3) is 0 Å². The number of aliphatic hydroxyl groups is 2. The molecule has 0 saturated heterocycles. The van der Waals surface area contributed by atoms with Crippen molar-refractivity contribution in [1.82, 2.24) is 10.6 Å². The molecule has 0 amide bonds. The minimum Gasteiger partial charge on any atom is -0.475 e. The number of carbonyl (C=O) groups is 3. The summed E-state index contributed by atoms with van der Waals surface area (Å²) in [5.74, 6) is -2.77. The highest BCUT2D eigenvalue weighted by molar-refractivity contribution is 7.99. The molecule has 3 fully saturated rings. The van der Waals surface area contributed by atoms with E-state index in [4.69, 9.17) is 21.4 Å². The minimum atomic E-state index is -5.08. The van der Waals surface area contributed by atoms with E-state index in [-0.39, 0.29) is 35.6 Å². The van der Waals surface area contributed by atoms with Crippen molar-refractivity contribution >= 4 is 35.1 Å². The Bertz CT molecular complexity index is 1400. The second-order valence-corrected chi connectivity index (χ2v) is 16.7. The Balaban J connectivity index is 0.00000102. The molecule has 54 heavy (non-hydrogen) atoms. The first-order valence-electron chi connectivity index (χ1n) is 19.2. The SMILES string of the molecule is CC1C[C@H]2[C@@H]3CCC4=CC(=O)C=C[C@]4(C)[C@@]3(F)C(O)C[C@]2(C)[C@@]1(O)C(=O)CSCCCC(N)=NCCCNCCCCNCCCN.O=C(O)C(F)(F)F. The van der Waals surface area contributed by atoms with Crippen molar-refractivity contribution in [2.45, 2.75) is 109 Å². The number of hydrogen-bond acceptors (Lipinski definition) is 10. The second kappa shape index (κ2) is 19.7. The monoisotopic (exact) mass is 791 g/mol. The number of allylic oxidation sites excluding steroid dienone is 4. The Labute approximate surface area is 320 Å². The zero-order chi connectivity index (χ0) is 40.4. The summed E-state index contributed by atoms with van der Waals surface area (Å²) in [5.41, 5.74) is 6.71. The number of aliphatic hydroxyl groups excluding tert-OH is 1. The van der Waals surface area contributed by atoms with Gasteiger partial charge in [-0.25, -0.2) is 9.18 Å². The average molecular weight is 792 g/mol. The largest absolute Gasteiger partial charge is 0.490 e. The van der Waals surface area contributed by atoms with Gasteiger partial charge in [0.1, 0.15) is 5.60 Å². The van der Waals surface area contributed by atoms with Gasteiger partial charge >= 0.3 is 12.1 Å². The molecule has 0 aromatic carbocycles. The maximum Gasteiger partial charge on any atom is 0.490 e. The van der Waals surface area contributed by atoms with Gasteiger partial charge in [-0.15, -0.1) is 0 Å². The molecule has 4 aliphatic rings. The molecule has 8 atom stereocenters. The molecule has 4 rings (SSSR count). The number of nitrogens with zero attached hydrogens (tertiary/aromatic N) is 1. The third-order valence-corrected chi connectivity index (χ3v) is 13.2. The molecule has 0 bridgehead atoms. The van der Waals surface area contributed by atoms with E-state index >= 15 is 4.39 Å². The number of nitrogens with one attached hydrogen (secondary N) is 2. The van der Waals surface area contributed by atoms with Crippen LogP contribution in [0.5, 0.6) is 0 Å². The van der Waals surface area contributed by atoms with Crippen molar-refractivity contribution in [1.29, 1.82) is 0 Å². The van der Waals surface area contributed by atoms with Crippen molar-refractivity contribution in [3.63, 3.8) is 0 Å². The lowest BCUT2D eigenvalue weighted by atomic mass is 9.44. The number of thioether (sulfide) groups is 1. The molecule has 308 valence electrons. The van der Waals surface area contributed by atoms with Crippen molar-refractivity contribution < 1.29 is 47.3 Å². The first kappa shape index (κ1) is 46.0. The normalized spacial score (nSPS) is 33.3. The van der Waals surface area contributed by atoms with Gasteiger partial charge in [0.2, 0.25) is 0 Å². The fourth-order valence-electron chi connectivity index (χ4n) is 9.25. The number of halogens is 4. The molecule has 9 N–H and O–H groups in total. The van der Waals surface area contributed by atoms with Gasteiger partial charge in [0.15, 0.2) is 17.2 Å². The predicted octanol–water partition coefficient (Wildman–Crippen LogP) is 4.11. The summed E-state index contributed by atoms with van der Waals surface area (Å²) < 4.78 is 49.1. The number of nitrogens with two attached hydrogens (primary N) is 2. The van der Waals surface area contributed by atoms with Gasteiger partial charge in [-0.1, -0.05) is 25.5 Å². The molecule has 2 unspecified atom stereocenters. The molecular weight excluding hydrogens is 731 g/mol. The Hall–Kier alpha value is -2.37. The Kier molecular flexibility index (Phi) is 16.8. The standard InChI is InChI=1S/C36H60FN5O4S.C2HF3O2/c1-25-21-29-28-11-10-26-22-27(43)12-13-33(26,2)35(28,37)30(44)23-34(29,3)36(25,46)31(45)24-47-20-6-9-32(39)42-19-8-18-41-16-5-4-15-40-17-7-14-38;3-2(4,5)1(6)7/h12-13,22,25,28-30,40-41,44,46H,4-11,14-21,23-24,38H2,1-3H3,(H2,39,42);(H,6,7)/t25?,28-,29-,30?,33-,34-,35-,36-;/m0./s1. The number of hydrogen-bond donors (Lipinski definition) is 7. The molecule has 11 nitrogen and oxygen atoms in total. The van der Waals surface area contributed by atoms with Gasteiger partial charge in [0.05, 0.1) is 17.7 Å². The molecule has 0 spiro atoms. The summed E-state index contributed by atoms with van der Waals surface area (Å²) in [6.07, 6.45) is 5.39. The maximum atomic E-state index is 17.4. The number of carboxylic acid groups (broad SMARTS) is 1. The number of Topliss-reactive ketones (excluding diaryl/α,β-unsaturated/α-hetero) is 1. The summed E-state index contributed by atoms with van der Waals surface area (Å²) in [5, 5.41) is 37.7. The van der Waals surface area contributed by atoms with Gasteiger partial charge < -0.3 is 37.4 Å². The van der Waals surface area contributed by atoms with E-state index in [1.807, 2.05) is 13.8 Å². The van der Waals surface area contributed by atoms with E-state index in [1.54, 1.807) is 13.0 Å². The molecular formula is C38H61F4N5O6S. The van der Waals surface area contributed by atoms with Gasteiger partial charge in [-0.05, 0) is 127 Å². The molecule has 4 aliphatic carbocycles. The van der Waals surface area contributed by atoms with E-state index in [2.05, 4.69) is 15.6 Å². The molecule has 16 heteroatoms. The van der Waals surface area contributed by atoms with Crippen LogP contribution in [0.2, 0.25) is 0 Å². The van der Waals surface area contributed by atoms with Crippen LogP contribution in [-0.2, 0) is 14.4 Å². The van der Waals surface area contributed by atoms with Crippen molar-refractivity contribution in [2.24, 2.45) is 45.0 Å². The quantitative estimate of drug-likeness (QED) is 0.0430. The first-order valence-corrected chi connectivity index (χ1v) is 20.3. The third kappa shape index (κ3) is 10.1. The number of aliphatic carboxylic acids is 1. The Morgan fingerprint density at radius 3 is 2.28 bits per heavy atom. The van der Waals surface area contributed by atoms with E-state index in [0.29, 0.717) is 43.8 Å². The van der Waals surface area contributed by atoms with Crippen LogP contribution in [-0.4, -0.2) is 113 Å². The zero-order valence-electron chi connectivity index (χ0n) is 31.9. The van der Waals surface area contributed by atoms with Crippen LogP contribution in [0.4, 0.5) is 17.6 Å². The third-order valence-electron chi connectivity index (χ3n) is 12.2. The average Bonchev–Trinajstić information content (AvgIpc) is 3.30. The van der Waals surface area contributed by atoms with Crippen LogP contribution in [0, 0.1) is 28.6 Å². The van der Waals surface area contributed by atoms with E-state index in [9.17, 15) is 33.0 Å². The Morgan fingerprint density at radius 1 is 1.06 bits per heavy atom. The predicted molar refractivity (Wildman–Crippen MR) is 203 cm³/mol. The van der Waals surface area contributed by atoms with Crippen molar-refractivity contribution in [3.05, 3.63) is 23.8 Å². The fourth-order valence-corrected chi connectivity index (χ4v) is 10.2. The molecule has 0 radical (unpaired) electrons. The highest BCUT2D eigenvalue weighted by atomic mass is 32.2. The van der Waals surface area contributed by atoms with E-state index in [1.165, 1.54) is 23.9 Å². The molecule has 0 aromatic rings. The highest BCUT2D eigenvalue weighted by Gasteiger charge is 2.75. The van der Waals surface area contributed by atoms with Crippen LogP contribution in [0.15, 0.2) is 28.8 Å². The van der Waals surface area contributed by atoms with Gasteiger partial charge in [-0.3, -0.25) is 14.6 Å². The topological polar surface area (TPSA) is 200 Å². The molecule has 0 aromatic heterocycles. The zero-order valence-corrected chi connectivity index (χ0v) is 32.7. The van der Waals surface area contributed by atoms with Crippen LogP contribution < -0.4 is 22.1 Å². The first-order chi connectivity index (χ1) is 25.3. The summed E-state index contributed by atoms with van der Waals surface area (Å²) in [4.78, 5) is 39.3. The number of amidine groups is 1. The van der Waals surface area contributed by atoms with Gasteiger partial charge in [0.25, 0.3) is 0 Å². The maximum absolute atomic E-state index is 17.4. The summed E-state index contributed by atoms with van der Waals surface area (Å²) in [6, 6.07) is 0. The number of rotatable bonds is 19. The smallest absolute Gasteiger partial charge is 0.475 e. The number of carbonyl (C=O) groups excluding carboxylic acids is 2. The molecule has 0 heterocycles. The van der Waals surface area contributed by atoms with Gasteiger partial charge in [0, 0.05) is 29.7 Å². The molecule has 3 saturated carbocycles. The lowest BCUT2D eigenvalue weighted by Gasteiger charge is -2.62. The molecule has 0 aliphatic heterocycles. The summed E-state index contributed by atoms with van der Waals surface area (Å²) in [6.45, 7) is 10.9. The number of alkyl halides is 4. The Morgan fingerprint density at radius 2 is 1.67 bits per heavy atom. The van der Waals surface area contributed by atoms with Gasteiger partial charge in [-0.2, -0.15) is 24.9 Å². The van der Waals surface area contributed by atoms with E-state index < -0.39 is 46.3 Å². The van der Waals surface area contributed by atoms with E-state index in [0.717, 1.165) is 70.4 Å². The highest BCUT2D eigenvalue weighted by Crippen LogP contribution is 2.70. The summed E-state index contributed by atoms with van der Waals surface area (Å²) >= 11 is 1.49. The number of unbranched alkanes of at least 4 members (excludes halogenated alkanes) is 1. The number of aliphatic imine (C=N–C) groups is 1. The minimum absolute atomic E-state index is 0.00218. The lowest BCUT2D eigenvalue weighted by Crippen LogP contribution is -2.69.